The SMILES string of the molecule is NC(=[NH2+])c1cccc(NC(=O)Nc2cccc(C(N)=[NH2+])c2)c1. The van der Waals surface area contributed by atoms with Crippen LogP contribution in [0.25, 0.3) is 0 Å². The first-order chi connectivity index (χ1) is 10.5. The molecule has 22 heavy (non-hydrogen) atoms. The van der Waals surface area contributed by atoms with Crippen molar-refractivity contribution in [2.45, 2.75) is 0 Å². The van der Waals surface area contributed by atoms with Gasteiger partial charge in [0.05, 0.1) is 11.1 Å². The van der Waals surface area contributed by atoms with E-state index in [4.69, 9.17) is 22.3 Å². The van der Waals surface area contributed by atoms with Crippen molar-refractivity contribution >= 4 is 29.1 Å². The molecule has 112 valence electrons. The summed E-state index contributed by atoms with van der Waals surface area (Å²) in [6.45, 7) is 0. The van der Waals surface area contributed by atoms with Crippen molar-refractivity contribution in [1.29, 1.82) is 0 Å². The van der Waals surface area contributed by atoms with Crippen molar-refractivity contribution < 1.29 is 15.6 Å². The maximum Gasteiger partial charge on any atom is 0.323 e. The van der Waals surface area contributed by atoms with Gasteiger partial charge >= 0.3 is 6.03 Å². The van der Waals surface area contributed by atoms with Crippen molar-refractivity contribution in [2.24, 2.45) is 11.5 Å². The minimum atomic E-state index is -0.402. The summed E-state index contributed by atoms with van der Waals surface area (Å²) < 4.78 is 0. The van der Waals surface area contributed by atoms with Crippen molar-refractivity contribution in [3.8, 4) is 0 Å². The molecule has 0 bridgehead atoms. The second kappa shape index (κ2) is 6.40. The molecular formula is C15H18N6O+2. The van der Waals surface area contributed by atoms with Crippen molar-refractivity contribution in [1.82, 2.24) is 0 Å². The molecule has 0 saturated carbocycles. The van der Waals surface area contributed by atoms with Crippen LogP contribution in [0.3, 0.4) is 0 Å². The Morgan fingerprint density at radius 2 is 1.23 bits per heavy atom. The molecule has 0 aliphatic rings. The number of carbonyl (C=O) groups is 1. The third-order valence-electron chi connectivity index (χ3n) is 2.91. The van der Waals surface area contributed by atoms with E-state index in [0.717, 1.165) is 0 Å². The molecule has 2 aromatic carbocycles. The average molecular weight is 298 g/mol. The second-order valence-electron chi connectivity index (χ2n) is 4.65. The monoisotopic (exact) mass is 298 g/mol. The highest BCUT2D eigenvalue weighted by Gasteiger charge is 2.07. The lowest BCUT2D eigenvalue weighted by molar-refractivity contribution is -0.115. The molecule has 0 heterocycles. The van der Waals surface area contributed by atoms with Gasteiger partial charge in [0.25, 0.3) is 11.7 Å². The number of nitrogens with two attached hydrogens (primary N) is 4. The van der Waals surface area contributed by atoms with E-state index < -0.39 is 6.03 Å². The van der Waals surface area contributed by atoms with Crippen LogP contribution in [-0.4, -0.2) is 17.7 Å². The quantitative estimate of drug-likeness (QED) is 0.294. The number of hydrogen-bond acceptors (Lipinski definition) is 1. The van der Waals surface area contributed by atoms with Gasteiger partial charge in [-0.05, 0) is 36.4 Å². The highest BCUT2D eigenvalue weighted by atomic mass is 16.2. The maximum atomic E-state index is 12.0. The standard InChI is InChI=1S/C15H16N6O/c16-13(17)9-3-1-5-11(7-9)20-15(22)21-12-6-2-4-10(8-12)14(18)19/h1-8H,(H3,16,17)(H3,18,19)(H2,20,21,22)/p+2. The fourth-order valence-electron chi connectivity index (χ4n) is 1.85. The number of amidine groups is 2. The van der Waals surface area contributed by atoms with Crippen LogP contribution in [0.15, 0.2) is 48.5 Å². The number of anilines is 2. The number of urea groups is 1. The Morgan fingerprint density at radius 1 is 0.818 bits per heavy atom. The lowest BCUT2D eigenvalue weighted by Gasteiger charge is -2.08. The molecule has 0 fully saturated rings. The second-order valence-corrected chi connectivity index (χ2v) is 4.65. The number of carbonyl (C=O) groups excluding carboxylic acids is 1. The number of hydrogen-bond donors (Lipinski definition) is 6. The van der Waals surface area contributed by atoms with E-state index >= 15 is 0 Å². The van der Waals surface area contributed by atoms with E-state index in [0.29, 0.717) is 22.5 Å². The Hall–Kier alpha value is -3.35. The zero-order chi connectivity index (χ0) is 16.1. The van der Waals surface area contributed by atoms with E-state index in [9.17, 15) is 4.79 Å². The molecule has 2 rings (SSSR count). The normalized spacial score (nSPS) is 9.82. The lowest BCUT2D eigenvalue weighted by Crippen LogP contribution is -2.46. The molecule has 2 amide bonds. The van der Waals surface area contributed by atoms with Crippen LogP contribution in [0.1, 0.15) is 11.1 Å². The van der Waals surface area contributed by atoms with Crippen LogP contribution in [0.2, 0.25) is 0 Å². The smallest absolute Gasteiger partial charge is 0.308 e. The summed E-state index contributed by atoms with van der Waals surface area (Å²) >= 11 is 0. The summed E-state index contributed by atoms with van der Waals surface area (Å²) in [5.74, 6) is 0.372. The molecule has 0 aliphatic carbocycles. The summed E-state index contributed by atoms with van der Waals surface area (Å²) in [5.41, 5.74) is 13.5. The van der Waals surface area contributed by atoms with Crippen LogP contribution in [-0.2, 0) is 0 Å². The molecule has 0 atom stereocenters. The Morgan fingerprint density at radius 3 is 1.59 bits per heavy atom. The Balaban J connectivity index is 2.07. The number of rotatable bonds is 4. The highest BCUT2D eigenvalue weighted by Crippen LogP contribution is 2.12. The number of nitrogens with one attached hydrogen (secondary N) is 2. The van der Waals surface area contributed by atoms with Crippen molar-refractivity contribution in [2.75, 3.05) is 10.6 Å². The van der Waals surface area contributed by atoms with E-state index in [1.165, 1.54) is 0 Å². The van der Waals surface area contributed by atoms with Crippen LogP contribution in [0, 0.1) is 0 Å². The largest absolute Gasteiger partial charge is 0.323 e. The maximum absolute atomic E-state index is 12.0. The summed E-state index contributed by atoms with van der Waals surface area (Å²) in [7, 11) is 0. The van der Waals surface area contributed by atoms with Gasteiger partial charge in [-0.2, -0.15) is 0 Å². The van der Waals surface area contributed by atoms with Gasteiger partial charge in [0.15, 0.2) is 0 Å². The van der Waals surface area contributed by atoms with E-state index in [1.54, 1.807) is 48.5 Å². The van der Waals surface area contributed by atoms with Gasteiger partial charge in [0.2, 0.25) is 0 Å². The van der Waals surface area contributed by atoms with Gasteiger partial charge in [0, 0.05) is 11.4 Å². The van der Waals surface area contributed by atoms with Crippen LogP contribution in [0.4, 0.5) is 16.2 Å². The van der Waals surface area contributed by atoms with Crippen LogP contribution < -0.4 is 32.9 Å². The van der Waals surface area contributed by atoms with Crippen molar-refractivity contribution in [3.05, 3.63) is 59.7 Å². The summed E-state index contributed by atoms with van der Waals surface area (Å²) in [4.78, 5) is 12.0. The molecule has 7 heteroatoms. The van der Waals surface area contributed by atoms with E-state index in [1.807, 2.05) is 0 Å². The minimum Gasteiger partial charge on any atom is -0.308 e. The molecule has 0 aromatic heterocycles. The van der Waals surface area contributed by atoms with Gasteiger partial charge < -0.3 is 10.6 Å². The Kier molecular flexibility index (Phi) is 4.38. The third kappa shape index (κ3) is 3.83. The molecule has 0 unspecified atom stereocenters. The van der Waals surface area contributed by atoms with E-state index in [-0.39, 0.29) is 11.7 Å². The molecule has 0 spiro atoms. The molecule has 0 aliphatic heterocycles. The number of amides is 2. The zero-order valence-corrected chi connectivity index (χ0v) is 11.8. The fraction of sp³-hybridized carbons (Fsp3) is 0. The number of benzene rings is 2. The van der Waals surface area contributed by atoms with Gasteiger partial charge in [0.1, 0.15) is 0 Å². The van der Waals surface area contributed by atoms with E-state index in [2.05, 4.69) is 10.6 Å². The molecule has 2 aromatic rings. The minimum absolute atomic E-state index is 0.186. The van der Waals surface area contributed by atoms with Gasteiger partial charge in [-0.1, -0.05) is 12.1 Å². The molecule has 0 saturated heterocycles. The molecule has 10 N–H and O–H groups in total. The molecule has 7 nitrogen and oxygen atoms in total. The lowest BCUT2D eigenvalue weighted by atomic mass is 10.2. The topological polar surface area (TPSA) is 144 Å². The van der Waals surface area contributed by atoms with Crippen LogP contribution >= 0.6 is 0 Å². The predicted molar refractivity (Wildman–Crippen MR) is 86.0 cm³/mol. The fourth-order valence-corrected chi connectivity index (χ4v) is 1.85. The predicted octanol–water partition coefficient (Wildman–Crippen LogP) is -1.74. The van der Waals surface area contributed by atoms with Crippen molar-refractivity contribution in [3.63, 3.8) is 0 Å². The van der Waals surface area contributed by atoms with Gasteiger partial charge in [-0.25, -0.2) is 4.79 Å². The Bertz CT molecular complexity index is 679. The molecule has 0 radical (unpaired) electrons. The first kappa shape index (κ1) is 15.0. The Labute approximate surface area is 127 Å². The van der Waals surface area contributed by atoms with Crippen LogP contribution in [0.5, 0.6) is 0 Å². The summed E-state index contributed by atoms with van der Waals surface area (Å²) in [5, 5.41) is 16.4. The summed E-state index contributed by atoms with van der Waals surface area (Å²) in [6, 6.07) is 13.4. The summed E-state index contributed by atoms with van der Waals surface area (Å²) in [6.07, 6.45) is 0. The average Bonchev–Trinajstić information content (AvgIpc) is 2.47. The molecular weight excluding hydrogens is 280 g/mol. The van der Waals surface area contributed by atoms with Gasteiger partial charge in [-0.3, -0.25) is 22.3 Å². The highest BCUT2D eigenvalue weighted by molar-refractivity contribution is 6.02. The van der Waals surface area contributed by atoms with Gasteiger partial charge in [-0.15, -0.1) is 0 Å². The first-order valence-electron chi connectivity index (χ1n) is 6.50. The first-order valence-corrected chi connectivity index (χ1v) is 6.50. The third-order valence-corrected chi connectivity index (χ3v) is 2.91. The zero-order valence-electron chi connectivity index (χ0n) is 11.8.